The lowest BCUT2D eigenvalue weighted by Crippen LogP contribution is -2.55. The Labute approximate surface area is 244 Å². The van der Waals surface area contributed by atoms with Gasteiger partial charge in [-0.25, -0.2) is 4.79 Å². The second kappa shape index (κ2) is 17.1. The van der Waals surface area contributed by atoms with E-state index in [1.165, 1.54) is 69.5 Å². The summed E-state index contributed by atoms with van der Waals surface area (Å²) >= 11 is 6.06. The summed E-state index contributed by atoms with van der Waals surface area (Å²) in [5, 5.41) is 4.46. The number of hydrogen-bond donors (Lipinski definition) is 3. The maximum Gasteiger partial charge on any atom is 0.405 e. The summed E-state index contributed by atoms with van der Waals surface area (Å²) < 4.78 is 4.58. The molecule has 2 aromatic rings. The number of carbonyl (C=O) groups is 3. The maximum absolute atomic E-state index is 11.9. The van der Waals surface area contributed by atoms with E-state index in [9.17, 15) is 14.4 Å². The number of primary amides is 1. The third-order valence-electron chi connectivity index (χ3n) is 6.84. The highest BCUT2D eigenvalue weighted by Crippen LogP contribution is 2.24. The number of H-pyrrole nitrogens is 1. The molecule has 9 nitrogen and oxygen atoms in total. The molecule has 40 heavy (non-hydrogen) atoms. The lowest BCUT2D eigenvalue weighted by Gasteiger charge is -2.36. The quantitative estimate of drug-likeness (QED) is 0.264. The largest absolute Gasteiger partial charge is 0.444 e. The number of hydrogen-bond acceptors (Lipinski definition) is 5. The van der Waals surface area contributed by atoms with Crippen LogP contribution in [-0.2, 0) is 20.9 Å². The zero-order chi connectivity index (χ0) is 29.5. The molecular formula is C30H48ClN5O4. The van der Waals surface area contributed by atoms with E-state index >= 15 is 0 Å². The van der Waals surface area contributed by atoms with Crippen molar-refractivity contribution in [1.82, 2.24) is 20.1 Å². The van der Waals surface area contributed by atoms with Gasteiger partial charge in [0.15, 0.2) is 0 Å². The van der Waals surface area contributed by atoms with E-state index in [0.717, 1.165) is 29.3 Å². The number of benzene rings is 1. The van der Waals surface area contributed by atoms with Crippen molar-refractivity contribution < 1.29 is 19.1 Å². The van der Waals surface area contributed by atoms with Gasteiger partial charge >= 0.3 is 6.09 Å². The normalized spacial score (nSPS) is 17.0. The summed E-state index contributed by atoms with van der Waals surface area (Å²) in [6.45, 7) is 12.7. The van der Waals surface area contributed by atoms with E-state index in [2.05, 4.69) is 26.9 Å². The number of ether oxygens (including phenoxy) is 1. The summed E-state index contributed by atoms with van der Waals surface area (Å²) in [7, 11) is 0. The fourth-order valence-corrected chi connectivity index (χ4v) is 4.82. The maximum atomic E-state index is 11.9. The molecule has 224 valence electrons. The van der Waals surface area contributed by atoms with Gasteiger partial charge in [0.05, 0.1) is 5.02 Å². The molecule has 0 aliphatic carbocycles. The van der Waals surface area contributed by atoms with Crippen molar-refractivity contribution in [2.75, 3.05) is 26.2 Å². The summed E-state index contributed by atoms with van der Waals surface area (Å²) in [6.07, 6.45) is 12.5. The number of likely N-dealkylation sites (tertiary alicyclic amines) is 2. The van der Waals surface area contributed by atoms with Gasteiger partial charge in [-0.1, -0.05) is 50.3 Å². The molecular weight excluding hydrogens is 530 g/mol. The Morgan fingerprint density at radius 3 is 2.42 bits per heavy atom. The molecule has 3 heterocycles. The number of aromatic nitrogens is 1. The minimum absolute atomic E-state index is 0.108. The predicted octanol–water partition coefficient (Wildman–Crippen LogP) is 5.60. The van der Waals surface area contributed by atoms with Crippen LogP contribution in [0.5, 0.6) is 0 Å². The van der Waals surface area contributed by atoms with Crippen molar-refractivity contribution in [1.29, 1.82) is 0 Å². The number of carbonyl (C=O) groups excluding carboxylic acids is 3. The number of nitrogens with two attached hydrogens (primary N) is 1. The van der Waals surface area contributed by atoms with E-state index in [1.54, 1.807) is 27.0 Å². The smallest absolute Gasteiger partial charge is 0.405 e. The Morgan fingerprint density at radius 1 is 1.15 bits per heavy atom. The molecule has 2 fully saturated rings. The Balaban J connectivity index is 0.000000239. The van der Waals surface area contributed by atoms with Crippen LogP contribution in [0.4, 0.5) is 4.79 Å². The molecule has 1 aromatic heterocycles. The molecule has 0 unspecified atom stereocenters. The SMILES string of the molecule is CC(C)(C)OC(N)=O.CCCCCCN1CCCCC1.O=CN1CC[C@H]1C(=O)NCc1ccc2[nH]cc(Cl)c2c1. The molecule has 3 amide bonds. The van der Waals surface area contributed by atoms with Crippen molar-refractivity contribution >= 4 is 40.9 Å². The number of nitrogens with one attached hydrogen (secondary N) is 2. The van der Waals surface area contributed by atoms with Gasteiger partial charge in [-0.05, 0) is 83.8 Å². The molecule has 1 aromatic carbocycles. The Morgan fingerprint density at radius 2 is 1.88 bits per heavy atom. The Bertz CT molecular complexity index is 1060. The van der Waals surface area contributed by atoms with E-state index in [-0.39, 0.29) is 11.9 Å². The minimum Gasteiger partial charge on any atom is -0.444 e. The van der Waals surface area contributed by atoms with Crippen LogP contribution in [0, 0.1) is 0 Å². The summed E-state index contributed by atoms with van der Waals surface area (Å²) in [4.78, 5) is 39.8. The van der Waals surface area contributed by atoms with Gasteiger partial charge < -0.3 is 30.6 Å². The number of unbranched alkanes of at least 4 members (excludes halogenated alkanes) is 3. The van der Waals surface area contributed by atoms with Gasteiger partial charge in [0.1, 0.15) is 11.6 Å². The number of fused-ring (bicyclic) bond motifs is 1. The minimum atomic E-state index is -0.725. The van der Waals surface area contributed by atoms with Crippen molar-refractivity contribution in [3.8, 4) is 0 Å². The number of nitrogens with zero attached hydrogens (tertiary/aromatic N) is 2. The van der Waals surface area contributed by atoms with Gasteiger partial charge in [-0.15, -0.1) is 0 Å². The van der Waals surface area contributed by atoms with E-state index < -0.39 is 11.7 Å². The molecule has 4 N–H and O–H groups in total. The first-order valence-corrected chi connectivity index (χ1v) is 14.9. The van der Waals surface area contributed by atoms with Crippen LogP contribution in [0.15, 0.2) is 24.4 Å². The van der Waals surface area contributed by atoms with Crippen LogP contribution in [0.1, 0.15) is 84.6 Å². The molecule has 2 saturated heterocycles. The molecule has 0 radical (unpaired) electrons. The fraction of sp³-hybridized carbons (Fsp3) is 0.633. The molecule has 0 spiro atoms. The van der Waals surface area contributed by atoms with Crippen LogP contribution in [0.2, 0.25) is 5.02 Å². The first-order valence-electron chi connectivity index (χ1n) is 14.5. The third-order valence-corrected chi connectivity index (χ3v) is 7.16. The standard InChI is InChI=1S/C14H14ClN3O2.C11H23N.C5H11NO2/c15-11-7-16-12-2-1-9(5-10(11)12)6-17-14(20)13-3-4-18(13)8-19;1-2-3-4-6-9-12-10-7-5-8-11-12;1-5(2,3)8-4(6)7/h1-2,5,7-8,13,16H,3-4,6H2,(H,17,20);2-11H2,1H3;1-3H3,(H2,6,7)/t13-;;/m0../s1. The zero-order valence-electron chi connectivity index (χ0n) is 24.6. The monoisotopic (exact) mass is 577 g/mol. The van der Waals surface area contributed by atoms with Crippen LogP contribution in [0.25, 0.3) is 10.9 Å². The van der Waals surface area contributed by atoms with Crippen molar-refractivity contribution in [3.63, 3.8) is 0 Å². The predicted molar refractivity (Wildman–Crippen MR) is 161 cm³/mol. The average Bonchev–Trinajstić information content (AvgIpc) is 3.25. The van der Waals surface area contributed by atoms with Gasteiger partial charge in [0.25, 0.3) is 0 Å². The van der Waals surface area contributed by atoms with Gasteiger partial charge in [0, 0.05) is 30.2 Å². The van der Waals surface area contributed by atoms with E-state index in [1.807, 2.05) is 18.2 Å². The van der Waals surface area contributed by atoms with Gasteiger partial charge in [-0.2, -0.15) is 0 Å². The lowest BCUT2D eigenvalue weighted by atomic mass is 10.0. The van der Waals surface area contributed by atoms with Crippen molar-refractivity contribution in [2.45, 2.75) is 97.2 Å². The molecule has 1 atom stereocenters. The zero-order valence-corrected chi connectivity index (χ0v) is 25.4. The molecule has 10 heteroatoms. The first kappa shape index (κ1) is 33.4. The third kappa shape index (κ3) is 12.2. The highest BCUT2D eigenvalue weighted by molar-refractivity contribution is 6.35. The fourth-order valence-electron chi connectivity index (χ4n) is 4.61. The summed E-state index contributed by atoms with van der Waals surface area (Å²) in [5.74, 6) is -0.108. The van der Waals surface area contributed by atoms with Crippen LogP contribution in [0.3, 0.4) is 0 Å². The van der Waals surface area contributed by atoms with Crippen LogP contribution in [-0.4, -0.2) is 71.0 Å². The van der Waals surface area contributed by atoms with E-state index in [0.29, 0.717) is 18.1 Å². The first-order chi connectivity index (χ1) is 19.0. The van der Waals surface area contributed by atoms with Crippen molar-refractivity contribution in [2.24, 2.45) is 5.73 Å². The molecule has 2 aliphatic heterocycles. The lowest BCUT2D eigenvalue weighted by molar-refractivity contribution is -0.139. The van der Waals surface area contributed by atoms with Crippen molar-refractivity contribution in [3.05, 3.63) is 35.0 Å². The van der Waals surface area contributed by atoms with Crippen LogP contribution < -0.4 is 11.1 Å². The topological polar surface area (TPSA) is 121 Å². The molecule has 2 aliphatic rings. The second-order valence-corrected chi connectivity index (χ2v) is 11.8. The second-order valence-electron chi connectivity index (χ2n) is 11.4. The number of piperidine rings is 1. The summed E-state index contributed by atoms with van der Waals surface area (Å²) in [6, 6.07) is 5.51. The number of rotatable bonds is 9. The summed E-state index contributed by atoms with van der Waals surface area (Å²) in [5.41, 5.74) is 6.21. The average molecular weight is 578 g/mol. The van der Waals surface area contributed by atoms with Gasteiger partial charge in [0.2, 0.25) is 12.3 Å². The number of aromatic amines is 1. The number of amides is 3. The highest BCUT2D eigenvalue weighted by Gasteiger charge is 2.32. The van der Waals surface area contributed by atoms with Gasteiger partial charge in [-0.3, -0.25) is 9.59 Å². The molecule has 0 bridgehead atoms. The van der Waals surface area contributed by atoms with Crippen LogP contribution >= 0.6 is 11.6 Å². The van der Waals surface area contributed by atoms with E-state index in [4.69, 9.17) is 17.3 Å². The number of halogens is 1. The molecule has 0 saturated carbocycles. The Hall–Kier alpha value is -2.78. The Kier molecular flexibility index (Phi) is 14.3. The molecule has 4 rings (SSSR count). The highest BCUT2D eigenvalue weighted by atomic mass is 35.5.